The highest BCUT2D eigenvalue weighted by atomic mass is 32.2. The smallest absolute Gasteiger partial charge is 0.323 e. The average Bonchev–Trinajstić information content (AvgIpc) is 3.24. The molecule has 9 heteroatoms. The van der Waals surface area contributed by atoms with Gasteiger partial charge in [-0.3, -0.25) is 19.3 Å². The van der Waals surface area contributed by atoms with E-state index in [2.05, 4.69) is 24.3 Å². The summed E-state index contributed by atoms with van der Waals surface area (Å²) in [5.74, 6) is -0.710. The number of carbonyl (C=O) groups excluding carboxylic acids is 2. The van der Waals surface area contributed by atoms with Gasteiger partial charge in [0, 0.05) is 13.1 Å². The van der Waals surface area contributed by atoms with Gasteiger partial charge in [-0.1, -0.05) is 90.7 Å². The highest BCUT2D eigenvalue weighted by Gasteiger charge is 2.33. The third kappa shape index (κ3) is 7.23. The second kappa shape index (κ2) is 13.1. The Morgan fingerprint density at radius 1 is 0.976 bits per heavy atom. The molecule has 0 unspecified atom stereocenters. The molecule has 0 bridgehead atoms. The molecule has 2 saturated heterocycles. The normalized spacial score (nSPS) is 16.8. The lowest BCUT2D eigenvalue weighted by molar-refractivity contribution is -0.140. The number of aliphatic carboxylic acids is 1. The lowest BCUT2D eigenvalue weighted by atomic mass is 9.90. The van der Waals surface area contributed by atoms with E-state index in [9.17, 15) is 14.4 Å². The molecule has 2 heterocycles. The number of amides is 2. The Labute approximate surface area is 248 Å². The number of nitrogens with zero attached hydrogens (tertiary/aromatic N) is 2. The first kappa shape index (κ1) is 28.6. The van der Waals surface area contributed by atoms with Crippen LogP contribution < -0.4 is 4.74 Å². The van der Waals surface area contributed by atoms with Gasteiger partial charge >= 0.3 is 5.97 Å². The van der Waals surface area contributed by atoms with E-state index in [0.717, 1.165) is 41.5 Å². The summed E-state index contributed by atoms with van der Waals surface area (Å²) in [7, 11) is 0. The topological polar surface area (TPSA) is 87.1 Å². The molecule has 0 saturated carbocycles. The molecule has 41 heavy (non-hydrogen) atoms. The number of piperidine rings is 1. The molecular formula is C32H30N2O5S2. The molecule has 0 radical (unpaired) electrons. The van der Waals surface area contributed by atoms with Crippen molar-refractivity contribution in [2.24, 2.45) is 5.92 Å². The first-order valence-electron chi connectivity index (χ1n) is 13.5. The Hall–Kier alpha value is -3.95. The van der Waals surface area contributed by atoms with Crippen LogP contribution in [0.15, 0.2) is 83.8 Å². The van der Waals surface area contributed by atoms with Crippen LogP contribution in [0.25, 0.3) is 6.08 Å². The summed E-state index contributed by atoms with van der Waals surface area (Å²) < 4.78 is 6.32. The van der Waals surface area contributed by atoms with E-state index in [1.807, 2.05) is 41.3 Å². The van der Waals surface area contributed by atoms with Crippen LogP contribution in [-0.4, -0.2) is 56.6 Å². The van der Waals surface area contributed by atoms with Gasteiger partial charge in [0.25, 0.3) is 11.8 Å². The average molecular weight is 587 g/mol. The van der Waals surface area contributed by atoms with E-state index in [0.29, 0.717) is 47.4 Å². The van der Waals surface area contributed by atoms with E-state index < -0.39 is 18.4 Å². The fourth-order valence-corrected chi connectivity index (χ4v) is 6.30. The molecule has 210 valence electrons. The van der Waals surface area contributed by atoms with Crippen molar-refractivity contribution < 1.29 is 24.2 Å². The number of thioether (sulfide) groups is 1. The molecular weight excluding hydrogens is 556 g/mol. The van der Waals surface area contributed by atoms with Crippen LogP contribution in [0.4, 0.5) is 0 Å². The van der Waals surface area contributed by atoms with Gasteiger partial charge in [0.05, 0.1) is 10.5 Å². The first-order chi connectivity index (χ1) is 19.9. The number of thiocarbonyl (C=S) groups is 1. The van der Waals surface area contributed by atoms with Crippen LogP contribution in [0.5, 0.6) is 5.75 Å². The summed E-state index contributed by atoms with van der Waals surface area (Å²) in [6.07, 6.45) is 4.49. The summed E-state index contributed by atoms with van der Waals surface area (Å²) in [5.41, 5.74) is 3.36. The Kier molecular flexibility index (Phi) is 9.16. The molecule has 0 spiro atoms. The summed E-state index contributed by atoms with van der Waals surface area (Å²) in [5, 5.41) is 9.12. The minimum absolute atomic E-state index is 0.111. The third-order valence-corrected chi connectivity index (χ3v) is 8.58. The van der Waals surface area contributed by atoms with E-state index in [1.54, 1.807) is 24.3 Å². The van der Waals surface area contributed by atoms with Crippen molar-refractivity contribution in [3.8, 4) is 5.75 Å². The van der Waals surface area contributed by atoms with Crippen LogP contribution in [-0.2, 0) is 22.6 Å². The fraction of sp³-hybridized carbons (Fsp3) is 0.250. The van der Waals surface area contributed by atoms with Crippen molar-refractivity contribution in [1.82, 2.24) is 9.80 Å². The van der Waals surface area contributed by atoms with Crippen LogP contribution in [0.1, 0.15) is 39.9 Å². The number of carbonyl (C=O) groups is 3. The molecule has 0 aliphatic carbocycles. The minimum atomic E-state index is -1.14. The van der Waals surface area contributed by atoms with Crippen molar-refractivity contribution in [3.05, 3.63) is 106 Å². The molecule has 3 aromatic carbocycles. The number of rotatable bonds is 9. The molecule has 0 atom stereocenters. The van der Waals surface area contributed by atoms with Crippen molar-refractivity contribution in [2.45, 2.75) is 25.9 Å². The van der Waals surface area contributed by atoms with E-state index in [1.165, 1.54) is 5.56 Å². The minimum Gasteiger partial charge on any atom is -0.488 e. The SMILES string of the molecule is O=C(O)CN1C(=O)/C(=C/c2ccc(OCc3ccccc3)c(C(=O)N3CCC(Cc4ccccc4)CC3)c2)SC1=S. The number of benzene rings is 3. The lowest BCUT2D eigenvalue weighted by Gasteiger charge is -2.32. The van der Waals surface area contributed by atoms with E-state index in [4.69, 9.17) is 22.1 Å². The number of hydrogen-bond donors (Lipinski definition) is 1. The fourth-order valence-electron chi connectivity index (χ4n) is 5.05. The zero-order valence-electron chi connectivity index (χ0n) is 22.4. The van der Waals surface area contributed by atoms with Gasteiger partial charge in [0.15, 0.2) is 0 Å². The number of likely N-dealkylation sites (tertiary alicyclic amines) is 1. The van der Waals surface area contributed by atoms with Crippen molar-refractivity contribution in [1.29, 1.82) is 0 Å². The summed E-state index contributed by atoms with van der Waals surface area (Å²) >= 11 is 6.27. The first-order valence-corrected chi connectivity index (χ1v) is 14.7. The monoisotopic (exact) mass is 586 g/mol. The third-order valence-electron chi connectivity index (χ3n) is 7.20. The Morgan fingerprint density at radius 3 is 2.29 bits per heavy atom. The molecule has 0 aromatic heterocycles. The van der Waals surface area contributed by atoms with Crippen molar-refractivity contribution in [2.75, 3.05) is 19.6 Å². The molecule has 7 nitrogen and oxygen atoms in total. The summed E-state index contributed by atoms with van der Waals surface area (Å²) in [4.78, 5) is 41.0. The predicted molar refractivity (Wildman–Crippen MR) is 164 cm³/mol. The predicted octanol–water partition coefficient (Wildman–Crippen LogP) is 5.65. The van der Waals surface area contributed by atoms with Crippen LogP contribution in [0.3, 0.4) is 0 Å². The van der Waals surface area contributed by atoms with E-state index in [-0.39, 0.29) is 10.2 Å². The molecule has 2 aliphatic rings. The highest BCUT2D eigenvalue weighted by molar-refractivity contribution is 8.26. The maximum atomic E-state index is 13.8. The molecule has 2 fully saturated rings. The standard InChI is InChI=1S/C32H30N2O5S2/c35-29(36)20-34-31(38)28(41-32(34)40)19-25-11-12-27(39-21-24-9-5-2-6-10-24)26(18-25)30(37)33-15-13-23(14-16-33)17-22-7-3-1-4-8-22/h1-12,18-19,23H,13-17,20-21H2,(H,35,36)/b28-19-. The second-order valence-corrected chi connectivity index (χ2v) is 11.8. The maximum Gasteiger partial charge on any atom is 0.323 e. The Bertz CT molecular complexity index is 1470. The zero-order chi connectivity index (χ0) is 28.8. The second-order valence-electron chi connectivity index (χ2n) is 10.1. The number of ether oxygens (including phenoxy) is 1. The molecule has 1 N–H and O–H groups in total. The lowest BCUT2D eigenvalue weighted by Crippen LogP contribution is -2.39. The number of carboxylic acid groups (broad SMARTS) is 1. The number of hydrogen-bond acceptors (Lipinski definition) is 6. The van der Waals surface area contributed by atoms with Gasteiger partial charge in [0.2, 0.25) is 0 Å². The Morgan fingerprint density at radius 2 is 1.63 bits per heavy atom. The Balaban J connectivity index is 1.35. The van der Waals surface area contributed by atoms with Crippen molar-refractivity contribution in [3.63, 3.8) is 0 Å². The molecule has 3 aromatic rings. The van der Waals surface area contributed by atoms with Crippen molar-refractivity contribution >= 4 is 52.2 Å². The van der Waals surface area contributed by atoms with Gasteiger partial charge in [-0.15, -0.1) is 0 Å². The highest BCUT2D eigenvalue weighted by Crippen LogP contribution is 2.34. The zero-order valence-corrected chi connectivity index (χ0v) is 24.0. The van der Waals surface area contributed by atoms with Gasteiger partial charge < -0.3 is 14.7 Å². The van der Waals surface area contributed by atoms with E-state index >= 15 is 0 Å². The summed E-state index contributed by atoms with van der Waals surface area (Å²) in [6, 6.07) is 25.5. The largest absolute Gasteiger partial charge is 0.488 e. The van der Waals surface area contributed by atoms with Crippen LogP contribution >= 0.6 is 24.0 Å². The van der Waals surface area contributed by atoms with Gasteiger partial charge in [-0.2, -0.15) is 0 Å². The maximum absolute atomic E-state index is 13.8. The van der Waals surface area contributed by atoms with Gasteiger partial charge in [-0.25, -0.2) is 0 Å². The quantitative estimate of drug-likeness (QED) is 0.256. The molecule has 2 amide bonds. The van der Waals surface area contributed by atoms with Crippen LogP contribution in [0, 0.1) is 5.92 Å². The van der Waals surface area contributed by atoms with Gasteiger partial charge in [0.1, 0.15) is 23.2 Å². The molecule has 5 rings (SSSR count). The molecule has 2 aliphatic heterocycles. The van der Waals surface area contributed by atoms with Gasteiger partial charge in [-0.05, 0) is 60.1 Å². The number of carboxylic acids is 1. The van der Waals surface area contributed by atoms with Crippen LogP contribution in [0.2, 0.25) is 0 Å². The summed E-state index contributed by atoms with van der Waals surface area (Å²) in [6.45, 7) is 1.14.